The summed E-state index contributed by atoms with van der Waals surface area (Å²) >= 11 is 2.15. The summed E-state index contributed by atoms with van der Waals surface area (Å²) < 4.78 is 28.3. The molecular weight excluding hydrogens is 385 g/mol. The summed E-state index contributed by atoms with van der Waals surface area (Å²) in [6.45, 7) is 0. The first kappa shape index (κ1) is 13.9. The van der Waals surface area contributed by atoms with E-state index in [1.54, 1.807) is 24.3 Å². The van der Waals surface area contributed by atoms with Gasteiger partial charge in [-0.1, -0.05) is 6.07 Å². The van der Waals surface area contributed by atoms with Crippen LogP contribution < -0.4 is 4.72 Å². The second-order valence-electron chi connectivity index (χ2n) is 4.90. The van der Waals surface area contributed by atoms with Crippen LogP contribution in [0.3, 0.4) is 0 Å². The molecule has 1 N–H and O–H groups in total. The maximum atomic E-state index is 12.3. The van der Waals surface area contributed by atoms with Crippen LogP contribution in [-0.2, 0) is 22.9 Å². The van der Waals surface area contributed by atoms with Gasteiger partial charge in [0.1, 0.15) is 0 Å². The van der Waals surface area contributed by atoms with Gasteiger partial charge in [0.2, 0.25) is 0 Å². The molecule has 0 heterocycles. The molecule has 104 valence electrons. The van der Waals surface area contributed by atoms with E-state index in [1.807, 2.05) is 18.2 Å². The largest absolute Gasteiger partial charge is 0.280 e. The van der Waals surface area contributed by atoms with E-state index in [9.17, 15) is 8.42 Å². The molecule has 0 unspecified atom stereocenters. The highest BCUT2D eigenvalue weighted by Gasteiger charge is 2.16. The van der Waals surface area contributed by atoms with Crippen LogP contribution in [0.1, 0.15) is 17.5 Å². The Morgan fingerprint density at radius 2 is 1.65 bits per heavy atom. The molecule has 0 aliphatic heterocycles. The molecule has 0 bridgehead atoms. The maximum absolute atomic E-state index is 12.3. The van der Waals surface area contributed by atoms with Crippen molar-refractivity contribution in [2.45, 2.75) is 24.2 Å². The van der Waals surface area contributed by atoms with Crippen LogP contribution in [0.25, 0.3) is 0 Å². The first-order valence-corrected chi connectivity index (χ1v) is 9.01. The average molecular weight is 399 g/mol. The Bertz CT molecular complexity index is 739. The third kappa shape index (κ3) is 2.83. The van der Waals surface area contributed by atoms with Crippen molar-refractivity contribution >= 4 is 38.3 Å². The molecule has 0 amide bonds. The average Bonchev–Trinajstić information content (AvgIpc) is 2.86. The minimum absolute atomic E-state index is 0.290. The molecule has 20 heavy (non-hydrogen) atoms. The number of aryl methyl sites for hydroxylation is 2. The van der Waals surface area contributed by atoms with E-state index in [2.05, 4.69) is 27.3 Å². The fourth-order valence-electron chi connectivity index (χ4n) is 2.46. The number of nitrogens with one attached hydrogen (secondary N) is 1. The first-order valence-electron chi connectivity index (χ1n) is 6.45. The zero-order valence-corrected chi connectivity index (χ0v) is 13.7. The van der Waals surface area contributed by atoms with Crippen LogP contribution >= 0.6 is 22.6 Å². The van der Waals surface area contributed by atoms with Gasteiger partial charge in [0.15, 0.2) is 0 Å². The monoisotopic (exact) mass is 399 g/mol. The Balaban J connectivity index is 1.88. The van der Waals surface area contributed by atoms with Crippen molar-refractivity contribution in [1.29, 1.82) is 0 Å². The summed E-state index contributed by atoms with van der Waals surface area (Å²) in [5.74, 6) is 0. The van der Waals surface area contributed by atoms with Gasteiger partial charge < -0.3 is 0 Å². The van der Waals surface area contributed by atoms with Crippen molar-refractivity contribution in [3.8, 4) is 0 Å². The highest BCUT2D eigenvalue weighted by Crippen LogP contribution is 2.26. The fraction of sp³-hybridized carbons (Fsp3) is 0.200. The number of hydrogen-bond donors (Lipinski definition) is 1. The number of halogens is 1. The van der Waals surface area contributed by atoms with Crippen LogP contribution in [0.2, 0.25) is 0 Å². The lowest BCUT2D eigenvalue weighted by Crippen LogP contribution is -2.13. The van der Waals surface area contributed by atoms with E-state index in [-0.39, 0.29) is 0 Å². The summed E-state index contributed by atoms with van der Waals surface area (Å²) in [7, 11) is -3.50. The molecule has 0 atom stereocenters. The summed E-state index contributed by atoms with van der Waals surface area (Å²) in [5, 5.41) is 0. The molecule has 2 aromatic rings. The van der Waals surface area contributed by atoms with Crippen molar-refractivity contribution in [1.82, 2.24) is 0 Å². The minimum atomic E-state index is -3.50. The second kappa shape index (κ2) is 5.37. The van der Waals surface area contributed by atoms with Gasteiger partial charge >= 0.3 is 0 Å². The molecular formula is C15H14INO2S. The second-order valence-corrected chi connectivity index (χ2v) is 7.82. The molecule has 2 aromatic carbocycles. The lowest BCUT2D eigenvalue weighted by Gasteiger charge is -2.09. The van der Waals surface area contributed by atoms with E-state index in [4.69, 9.17) is 0 Å². The molecule has 0 radical (unpaired) electrons. The fourth-order valence-corrected chi connectivity index (χ4v) is 3.87. The Morgan fingerprint density at radius 1 is 0.950 bits per heavy atom. The summed E-state index contributed by atoms with van der Waals surface area (Å²) in [5.41, 5.74) is 3.24. The Hall–Kier alpha value is -1.08. The lowest BCUT2D eigenvalue weighted by atomic mass is 10.1. The number of hydrogen-bond acceptors (Lipinski definition) is 2. The van der Waals surface area contributed by atoms with Gasteiger partial charge in [0, 0.05) is 9.26 Å². The predicted molar refractivity (Wildman–Crippen MR) is 88.4 cm³/mol. The molecule has 0 aromatic heterocycles. The van der Waals surface area contributed by atoms with E-state index in [1.165, 1.54) is 11.1 Å². The summed E-state index contributed by atoms with van der Waals surface area (Å²) in [6, 6.07) is 12.6. The number of fused-ring (bicyclic) bond motifs is 1. The van der Waals surface area contributed by atoms with Crippen molar-refractivity contribution in [3.63, 3.8) is 0 Å². The number of sulfonamides is 1. The van der Waals surface area contributed by atoms with Crippen molar-refractivity contribution in [2.24, 2.45) is 0 Å². The van der Waals surface area contributed by atoms with Gasteiger partial charge in [-0.15, -0.1) is 0 Å². The normalized spacial score (nSPS) is 14.1. The molecule has 0 spiro atoms. The highest BCUT2D eigenvalue weighted by molar-refractivity contribution is 14.1. The van der Waals surface area contributed by atoms with E-state index >= 15 is 0 Å². The molecule has 0 saturated carbocycles. The van der Waals surface area contributed by atoms with Gasteiger partial charge in [-0.25, -0.2) is 8.42 Å². The standard InChI is InChI=1S/C15H14INO2S/c16-13-5-8-15(9-6-13)20(18,19)17-14-7-4-11-2-1-3-12(11)10-14/h4-10,17H,1-3H2. The van der Waals surface area contributed by atoms with Gasteiger partial charge in [-0.3, -0.25) is 4.72 Å². The topological polar surface area (TPSA) is 46.2 Å². The van der Waals surface area contributed by atoms with Crippen molar-refractivity contribution in [2.75, 3.05) is 4.72 Å². The Labute approximate surface area is 132 Å². The molecule has 0 fully saturated rings. The molecule has 3 nitrogen and oxygen atoms in total. The molecule has 5 heteroatoms. The van der Waals surface area contributed by atoms with Gasteiger partial charge in [0.25, 0.3) is 10.0 Å². The Kier molecular flexibility index (Phi) is 3.72. The number of anilines is 1. The lowest BCUT2D eigenvalue weighted by molar-refractivity contribution is 0.601. The van der Waals surface area contributed by atoms with E-state index in [0.29, 0.717) is 10.6 Å². The quantitative estimate of drug-likeness (QED) is 0.803. The van der Waals surface area contributed by atoms with Crippen molar-refractivity contribution < 1.29 is 8.42 Å². The van der Waals surface area contributed by atoms with E-state index in [0.717, 1.165) is 22.8 Å². The summed E-state index contributed by atoms with van der Waals surface area (Å²) in [6.07, 6.45) is 3.29. The predicted octanol–water partition coefficient (Wildman–Crippen LogP) is 3.58. The van der Waals surface area contributed by atoms with Gasteiger partial charge in [0.05, 0.1) is 4.90 Å². The molecule has 0 saturated heterocycles. The van der Waals surface area contributed by atoms with Gasteiger partial charge in [-0.2, -0.15) is 0 Å². The smallest absolute Gasteiger partial charge is 0.261 e. The third-order valence-electron chi connectivity index (χ3n) is 3.47. The van der Waals surface area contributed by atoms with Crippen LogP contribution in [0, 0.1) is 3.57 Å². The third-order valence-corrected chi connectivity index (χ3v) is 5.59. The zero-order chi connectivity index (χ0) is 14.2. The van der Waals surface area contributed by atoms with Gasteiger partial charge in [-0.05, 0) is 89.4 Å². The van der Waals surface area contributed by atoms with Crippen molar-refractivity contribution in [3.05, 3.63) is 57.2 Å². The summed E-state index contributed by atoms with van der Waals surface area (Å²) in [4.78, 5) is 0.290. The van der Waals surface area contributed by atoms with E-state index < -0.39 is 10.0 Å². The number of rotatable bonds is 3. The molecule has 1 aliphatic rings. The molecule has 1 aliphatic carbocycles. The SMILES string of the molecule is O=S(=O)(Nc1ccc2c(c1)CCC2)c1ccc(I)cc1. The van der Waals surface area contributed by atoms with Crippen LogP contribution in [0.4, 0.5) is 5.69 Å². The maximum Gasteiger partial charge on any atom is 0.261 e. The Morgan fingerprint density at radius 3 is 2.40 bits per heavy atom. The number of benzene rings is 2. The molecule has 3 rings (SSSR count). The van der Waals surface area contributed by atoms with Crippen LogP contribution in [0.15, 0.2) is 47.4 Å². The minimum Gasteiger partial charge on any atom is -0.280 e. The zero-order valence-electron chi connectivity index (χ0n) is 10.8. The first-order chi connectivity index (χ1) is 9.54. The highest BCUT2D eigenvalue weighted by atomic mass is 127. The van der Waals surface area contributed by atoms with Crippen LogP contribution in [-0.4, -0.2) is 8.42 Å². The van der Waals surface area contributed by atoms with Crippen LogP contribution in [0.5, 0.6) is 0 Å².